The zero-order chi connectivity index (χ0) is 16.6. The summed E-state index contributed by atoms with van der Waals surface area (Å²) in [6.45, 7) is 0.347. The van der Waals surface area contributed by atoms with Gasteiger partial charge in [0.05, 0.1) is 11.1 Å². The van der Waals surface area contributed by atoms with E-state index < -0.39 is 5.91 Å². The average molecular weight is 329 g/mol. The molecule has 2 aromatic carbocycles. The molecule has 1 heterocycles. The fraction of sp³-hybridized carbons (Fsp3) is 0.118. The highest BCUT2D eigenvalue weighted by molar-refractivity contribution is 6.30. The molecule has 3 amide bonds. The van der Waals surface area contributed by atoms with Gasteiger partial charge in [0, 0.05) is 24.2 Å². The maximum Gasteiger partial charge on any atom is 0.261 e. The van der Waals surface area contributed by atoms with Gasteiger partial charge in [0.25, 0.3) is 17.7 Å². The molecule has 0 saturated heterocycles. The van der Waals surface area contributed by atoms with Crippen molar-refractivity contribution in [1.82, 2.24) is 10.2 Å². The van der Waals surface area contributed by atoms with Gasteiger partial charge in [-0.2, -0.15) is 0 Å². The molecule has 3 rings (SSSR count). The van der Waals surface area contributed by atoms with Gasteiger partial charge in [0.2, 0.25) is 0 Å². The second kappa shape index (κ2) is 5.85. The number of nitrogens with zero attached hydrogens (tertiary/aromatic N) is 1. The van der Waals surface area contributed by atoms with Crippen LogP contribution in [0.2, 0.25) is 5.02 Å². The Bertz CT molecular complexity index is 815. The Balaban J connectivity index is 1.75. The van der Waals surface area contributed by atoms with Crippen LogP contribution in [-0.2, 0) is 6.54 Å². The van der Waals surface area contributed by atoms with E-state index in [0.29, 0.717) is 22.7 Å². The molecular formula is C17H13ClN2O3. The first-order valence-corrected chi connectivity index (χ1v) is 7.34. The van der Waals surface area contributed by atoms with Gasteiger partial charge in [0.1, 0.15) is 0 Å². The van der Waals surface area contributed by atoms with Gasteiger partial charge < -0.3 is 5.32 Å². The van der Waals surface area contributed by atoms with E-state index in [2.05, 4.69) is 5.32 Å². The summed E-state index contributed by atoms with van der Waals surface area (Å²) in [6, 6.07) is 11.6. The Hall–Kier alpha value is -2.66. The lowest BCUT2D eigenvalue weighted by Crippen LogP contribution is -2.24. The Labute approximate surface area is 137 Å². The molecule has 0 saturated carbocycles. The monoisotopic (exact) mass is 328 g/mol. The number of benzene rings is 2. The number of hydrogen-bond donors (Lipinski definition) is 1. The first kappa shape index (κ1) is 15.2. The van der Waals surface area contributed by atoms with Crippen LogP contribution in [0.5, 0.6) is 0 Å². The highest BCUT2D eigenvalue weighted by Gasteiger charge is 2.33. The number of imide groups is 1. The van der Waals surface area contributed by atoms with Gasteiger partial charge in [-0.05, 0) is 35.9 Å². The maximum atomic E-state index is 12.2. The van der Waals surface area contributed by atoms with Crippen LogP contribution in [0.25, 0.3) is 0 Å². The number of carbonyl (C=O) groups is 3. The van der Waals surface area contributed by atoms with E-state index >= 15 is 0 Å². The maximum absolute atomic E-state index is 12.2. The Morgan fingerprint density at radius 3 is 2.39 bits per heavy atom. The van der Waals surface area contributed by atoms with Crippen LogP contribution in [0.3, 0.4) is 0 Å². The van der Waals surface area contributed by atoms with Crippen molar-refractivity contribution < 1.29 is 14.4 Å². The third-order valence-corrected chi connectivity index (χ3v) is 3.97. The fourth-order valence-corrected chi connectivity index (χ4v) is 2.52. The van der Waals surface area contributed by atoms with Crippen LogP contribution in [0.4, 0.5) is 0 Å². The van der Waals surface area contributed by atoms with E-state index in [9.17, 15) is 14.4 Å². The van der Waals surface area contributed by atoms with E-state index in [4.69, 9.17) is 11.6 Å². The summed E-state index contributed by atoms with van der Waals surface area (Å²) in [5.74, 6) is -1.05. The molecule has 0 radical (unpaired) electrons. The molecule has 0 spiro atoms. The van der Waals surface area contributed by atoms with E-state index in [0.717, 1.165) is 10.5 Å². The second-order valence-corrected chi connectivity index (χ2v) is 5.68. The van der Waals surface area contributed by atoms with Crippen molar-refractivity contribution in [3.05, 3.63) is 69.7 Å². The first-order valence-electron chi connectivity index (χ1n) is 6.96. The van der Waals surface area contributed by atoms with Crippen LogP contribution in [0.15, 0.2) is 42.5 Å². The molecule has 116 valence electrons. The van der Waals surface area contributed by atoms with Crippen molar-refractivity contribution in [1.29, 1.82) is 0 Å². The lowest BCUT2D eigenvalue weighted by Gasteiger charge is -2.06. The average Bonchev–Trinajstić information content (AvgIpc) is 2.78. The number of nitrogens with one attached hydrogen (secondary N) is 1. The molecule has 0 bridgehead atoms. The summed E-state index contributed by atoms with van der Waals surface area (Å²) >= 11 is 5.81. The first-order chi connectivity index (χ1) is 11.0. The number of rotatable bonds is 3. The van der Waals surface area contributed by atoms with Gasteiger partial charge in [0.15, 0.2) is 0 Å². The van der Waals surface area contributed by atoms with Crippen molar-refractivity contribution in [2.24, 2.45) is 0 Å². The molecule has 0 atom stereocenters. The molecule has 0 aromatic heterocycles. The van der Waals surface area contributed by atoms with E-state index in [1.807, 2.05) is 12.1 Å². The minimum atomic E-state index is -0.391. The molecule has 1 aliphatic heterocycles. The van der Waals surface area contributed by atoms with Gasteiger partial charge in [-0.25, -0.2) is 0 Å². The van der Waals surface area contributed by atoms with Crippen LogP contribution in [0, 0.1) is 0 Å². The quantitative estimate of drug-likeness (QED) is 0.880. The van der Waals surface area contributed by atoms with E-state index in [1.165, 1.54) is 19.2 Å². The Kier molecular flexibility index (Phi) is 3.88. The van der Waals surface area contributed by atoms with Crippen LogP contribution in [0.1, 0.15) is 36.6 Å². The summed E-state index contributed by atoms with van der Waals surface area (Å²) in [7, 11) is 1.42. The van der Waals surface area contributed by atoms with Crippen molar-refractivity contribution >= 4 is 29.3 Å². The predicted octanol–water partition coefficient (Wildman–Crippen LogP) is 2.50. The minimum Gasteiger partial charge on any atom is -0.348 e. The van der Waals surface area contributed by atoms with Crippen LogP contribution in [-0.4, -0.2) is 29.7 Å². The van der Waals surface area contributed by atoms with E-state index in [1.54, 1.807) is 18.2 Å². The minimum absolute atomic E-state index is 0.261. The fourth-order valence-electron chi connectivity index (χ4n) is 2.39. The molecule has 0 aliphatic carbocycles. The number of amides is 3. The molecule has 1 N–H and O–H groups in total. The van der Waals surface area contributed by atoms with Crippen molar-refractivity contribution in [2.75, 3.05) is 7.05 Å². The standard InChI is InChI=1S/C17H13ClN2O3/c1-20-16(22)13-7-4-11(8-14(13)17(20)23)15(21)19-9-10-2-5-12(18)6-3-10/h2-8H,9H2,1H3,(H,19,21). The number of carbonyl (C=O) groups excluding carboxylic acids is 3. The van der Waals surface area contributed by atoms with E-state index in [-0.39, 0.29) is 17.4 Å². The smallest absolute Gasteiger partial charge is 0.261 e. The summed E-state index contributed by atoms with van der Waals surface area (Å²) < 4.78 is 0. The molecule has 0 unspecified atom stereocenters. The highest BCUT2D eigenvalue weighted by atomic mass is 35.5. The summed E-state index contributed by atoms with van der Waals surface area (Å²) in [5, 5.41) is 3.40. The zero-order valence-electron chi connectivity index (χ0n) is 12.3. The van der Waals surface area contributed by atoms with Crippen LogP contribution >= 0.6 is 11.6 Å². The number of halogens is 1. The van der Waals surface area contributed by atoms with Crippen molar-refractivity contribution in [2.45, 2.75) is 6.54 Å². The molecule has 0 fully saturated rings. The topological polar surface area (TPSA) is 66.5 Å². The third-order valence-electron chi connectivity index (χ3n) is 3.72. The predicted molar refractivity (Wildman–Crippen MR) is 85.5 cm³/mol. The zero-order valence-corrected chi connectivity index (χ0v) is 13.1. The van der Waals surface area contributed by atoms with Crippen molar-refractivity contribution in [3.8, 4) is 0 Å². The SMILES string of the molecule is CN1C(=O)c2ccc(C(=O)NCc3ccc(Cl)cc3)cc2C1=O. The summed E-state index contributed by atoms with van der Waals surface area (Å²) in [5.41, 5.74) is 1.84. The second-order valence-electron chi connectivity index (χ2n) is 5.24. The molecular weight excluding hydrogens is 316 g/mol. The summed E-state index contributed by atoms with van der Waals surface area (Å²) in [6.07, 6.45) is 0. The molecule has 1 aliphatic rings. The summed E-state index contributed by atoms with van der Waals surface area (Å²) in [4.78, 5) is 37.0. The lowest BCUT2D eigenvalue weighted by atomic mass is 10.1. The van der Waals surface area contributed by atoms with Gasteiger partial charge >= 0.3 is 0 Å². The van der Waals surface area contributed by atoms with Crippen molar-refractivity contribution in [3.63, 3.8) is 0 Å². The van der Waals surface area contributed by atoms with Gasteiger partial charge in [-0.15, -0.1) is 0 Å². The largest absolute Gasteiger partial charge is 0.348 e. The highest BCUT2D eigenvalue weighted by Crippen LogP contribution is 2.22. The normalized spacial score (nSPS) is 13.2. The molecule has 23 heavy (non-hydrogen) atoms. The number of hydrogen-bond acceptors (Lipinski definition) is 3. The molecule has 6 heteroatoms. The Morgan fingerprint density at radius 2 is 1.70 bits per heavy atom. The van der Waals surface area contributed by atoms with Gasteiger partial charge in [-0.3, -0.25) is 19.3 Å². The molecule has 2 aromatic rings. The van der Waals surface area contributed by atoms with Gasteiger partial charge in [-0.1, -0.05) is 23.7 Å². The number of fused-ring (bicyclic) bond motifs is 1. The molecule has 5 nitrogen and oxygen atoms in total. The van der Waals surface area contributed by atoms with Crippen LogP contribution < -0.4 is 5.32 Å². The third kappa shape index (κ3) is 2.83. The lowest BCUT2D eigenvalue weighted by molar-refractivity contribution is 0.0693. The Morgan fingerprint density at radius 1 is 1.04 bits per heavy atom.